The van der Waals surface area contributed by atoms with Crippen LogP contribution < -0.4 is 5.32 Å². The summed E-state index contributed by atoms with van der Waals surface area (Å²) in [5, 5.41) is 13.0. The van der Waals surface area contributed by atoms with Crippen molar-refractivity contribution in [1.82, 2.24) is 5.32 Å². The average Bonchev–Trinajstić information content (AvgIpc) is 3.03. The zero-order chi connectivity index (χ0) is 14.1. The van der Waals surface area contributed by atoms with E-state index in [0.29, 0.717) is 28.2 Å². The normalized spacial score (nSPS) is 15.2. The highest BCUT2D eigenvalue weighted by Crippen LogP contribution is 2.33. The predicted octanol–water partition coefficient (Wildman–Crippen LogP) is 3.55. The Morgan fingerprint density at radius 3 is 2.85 bits per heavy atom. The third-order valence-electron chi connectivity index (χ3n) is 3.53. The molecule has 0 amide bonds. The van der Waals surface area contributed by atoms with Crippen molar-refractivity contribution >= 4 is 27.4 Å². The number of carbonyl (C=O) groups is 1. The molecule has 2 aromatic rings. The molecule has 1 aliphatic carbocycles. The molecule has 0 fully saturated rings. The van der Waals surface area contributed by atoms with Gasteiger partial charge in [-0.15, -0.1) is 11.3 Å². The fourth-order valence-corrected chi connectivity index (χ4v) is 3.61. The van der Waals surface area contributed by atoms with Crippen molar-refractivity contribution in [2.75, 3.05) is 0 Å². The first kappa shape index (κ1) is 13.3. The second kappa shape index (κ2) is 5.34. The first-order valence-electron chi connectivity index (χ1n) is 6.48. The molecule has 1 aliphatic rings. The van der Waals surface area contributed by atoms with E-state index in [1.807, 2.05) is 0 Å². The highest BCUT2D eigenvalue weighted by atomic mass is 32.1. The molecule has 1 aromatic heterocycles. The van der Waals surface area contributed by atoms with Crippen LogP contribution in [-0.2, 0) is 6.54 Å². The van der Waals surface area contributed by atoms with E-state index in [0.717, 1.165) is 24.2 Å². The highest BCUT2D eigenvalue weighted by molar-refractivity contribution is 7.21. The van der Waals surface area contributed by atoms with E-state index in [1.54, 1.807) is 12.1 Å². The number of rotatable bonds is 4. The lowest BCUT2D eigenvalue weighted by atomic mass is 10.1. The van der Waals surface area contributed by atoms with Gasteiger partial charge in [-0.2, -0.15) is 0 Å². The fraction of sp³-hybridized carbons (Fsp3) is 0.267. The third-order valence-corrected chi connectivity index (χ3v) is 4.72. The van der Waals surface area contributed by atoms with Crippen molar-refractivity contribution in [2.45, 2.75) is 25.4 Å². The van der Waals surface area contributed by atoms with Gasteiger partial charge in [0.1, 0.15) is 10.7 Å². The number of benzene rings is 1. The Hall–Kier alpha value is -1.72. The molecule has 0 spiro atoms. The molecule has 0 radical (unpaired) electrons. The molecule has 2 N–H and O–H groups in total. The molecule has 3 nitrogen and oxygen atoms in total. The van der Waals surface area contributed by atoms with E-state index in [2.05, 4.69) is 17.5 Å². The molecule has 1 heterocycles. The number of nitrogens with one attached hydrogen (secondary N) is 1. The van der Waals surface area contributed by atoms with E-state index >= 15 is 0 Å². The maximum absolute atomic E-state index is 14.0. The molecule has 0 saturated carbocycles. The van der Waals surface area contributed by atoms with E-state index in [9.17, 15) is 14.3 Å². The summed E-state index contributed by atoms with van der Waals surface area (Å²) in [6.45, 7) is 0.384. The topological polar surface area (TPSA) is 49.3 Å². The zero-order valence-electron chi connectivity index (χ0n) is 10.7. The lowest BCUT2D eigenvalue weighted by molar-refractivity contribution is 0.0701. The van der Waals surface area contributed by atoms with Crippen LogP contribution in [0.15, 0.2) is 30.4 Å². The largest absolute Gasteiger partial charge is 0.477 e. The molecule has 3 rings (SSSR count). The predicted molar refractivity (Wildman–Crippen MR) is 77.7 cm³/mol. The smallest absolute Gasteiger partial charge is 0.346 e. The maximum Gasteiger partial charge on any atom is 0.346 e. The van der Waals surface area contributed by atoms with Crippen LogP contribution >= 0.6 is 11.3 Å². The number of aromatic carboxylic acids is 1. The Morgan fingerprint density at radius 2 is 2.15 bits per heavy atom. The molecular weight excluding hydrogens is 277 g/mol. The van der Waals surface area contributed by atoms with Gasteiger partial charge in [0.2, 0.25) is 0 Å². The molecule has 0 saturated heterocycles. The maximum atomic E-state index is 14.0. The highest BCUT2D eigenvalue weighted by Gasteiger charge is 2.21. The minimum absolute atomic E-state index is 0.226. The second-order valence-corrected chi connectivity index (χ2v) is 5.90. The molecule has 0 bridgehead atoms. The van der Waals surface area contributed by atoms with Crippen LogP contribution in [0.2, 0.25) is 0 Å². The van der Waals surface area contributed by atoms with Gasteiger partial charge in [-0.25, -0.2) is 9.18 Å². The number of halogens is 1. The van der Waals surface area contributed by atoms with E-state index in [4.69, 9.17) is 0 Å². The summed E-state index contributed by atoms with van der Waals surface area (Å²) in [5.74, 6) is -1.35. The second-order valence-electron chi connectivity index (χ2n) is 4.85. The van der Waals surface area contributed by atoms with Crippen LogP contribution in [-0.4, -0.2) is 17.1 Å². The monoisotopic (exact) mass is 291 g/mol. The van der Waals surface area contributed by atoms with Gasteiger partial charge in [-0.1, -0.05) is 18.2 Å². The Morgan fingerprint density at radius 1 is 1.40 bits per heavy atom. The molecule has 104 valence electrons. The molecule has 5 heteroatoms. The summed E-state index contributed by atoms with van der Waals surface area (Å²) in [5.41, 5.74) is 0.558. The summed E-state index contributed by atoms with van der Waals surface area (Å²) < 4.78 is 14.7. The summed E-state index contributed by atoms with van der Waals surface area (Å²) in [6, 6.07) is 5.06. The Labute approximate surface area is 119 Å². The first-order chi connectivity index (χ1) is 9.66. The lowest BCUT2D eigenvalue weighted by Crippen LogP contribution is -2.26. The van der Waals surface area contributed by atoms with Crippen LogP contribution in [0.1, 0.15) is 28.1 Å². The minimum atomic E-state index is -0.994. The Balaban J connectivity index is 1.97. The van der Waals surface area contributed by atoms with Gasteiger partial charge < -0.3 is 10.4 Å². The third kappa shape index (κ3) is 2.34. The lowest BCUT2D eigenvalue weighted by Gasteiger charge is -2.12. The summed E-state index contributed by atoms with van der Waals surface area (Å²) >= 11 is 1.13. The zero-order valence-corrected chi connectivity index (χ0v) is 11.5. The van der Waals surface area contributed by atoms with Crippen molar-refractivity contribution in [1.29, 1.82) is 0 Å². The van der Waals surface area contributed by atoms with Crippen LogP contribution in [0, 0.1) is 5.82 Å². The SMILES string of the molecule is O=C(O)c1sc2cccc(F)c2c1CNC1CC=CC1. The van der Waals surface area contributed by atoms with Gasteiger partial charge >= 0.3 is 5.97 Å². The van der Waals surface area contributed by atoms with E-state index in [-0.39, 0.29) is 10.7 Å². The van der Waals surface area contributed by atoms with Gasteiger partial charge in [0.15, 0.2) is 0 Å². The number of hydrogen-bond acceptors (Lipinski definition) is 3. The Kier molecular flexibility index (Phi) is 3.54. The van der Waals surface area contributed by atoms with Gasteiger partial charge in [-0.05, 0) is 25.0 Å². The van der Waals surface area contributed by atoms with Gasteiger partial charge in [0.25, 0.3) is 0 Å². The van der Waals surface area contributed by atoms with Gasteiger partial charge in [0.05, 0.1) is 0 Å². The van der Waals surface area contributed by atoms with Crippen LogP contribution in [0.4, 0.5) is 4.39 Å². The van der Waals surface area contributed by atoms with Crippen molar-refractivity contribution < 1.29 is 14.3 Å². The van der Waals surface area contributed by atoms with Crippen molar-refractivity contribution in [3.8, 4) is 0 Å². The number of hydrogen-bond donors (Lipinski definition) is 2. The Bertz CT molecular complexity index is 684. The van der Waals surface area contributed by atoms with Crippen LogP contribution in [0.3, 0.4) is 0 Å². The standard InChI is InChI=1S/C15H14FNO2S/c16-11-6-3-7-12-13(11)10(14(20-12)15(18)19)8-17-9-4-1-2-5-9/h1-3,6-7,9,17H,4-5,8H2,(H,18,19). The minimum Gasteiger partial charge on any atom is -0.477 e. The number of carboxylic acid groups (broad SMARTS) is 1. The van der Waals surface area contributed by atoms with E-state index < -0.39 is 5.97 Å². The fourth-order valence-electron chi connectivity index (χ4n) is 2.54. The van der Waals surface area contributed by atoms with Crippen molar-refractivity contribution in [3.63, 3.8) is 0 Å². The molecular formula is C15H14FNO2S. The number of carboxylic acids is 1. The van der Waals surface area contributed by atoms with Crippen molar-refractivity contribution in [2.24, 2.45) is 0 Å². The molecule has 20 heavy (non-hydrogen) atoms. The summed E-state index contributed by atoms with van der Waals surface area (Å²) in [7, 11) is 0. The number of thiophene rings is 1. The molecule has 0 unspecified atom stereocenters. The van der Waals surface area contributed by atoms with Crippen molar-refractivity contribution in [3.05, 3.63) is 46.6 Å². The van der Waals surface area contributed by atoms with Crippen LogP contribution in [0.5, 0.6) is 0 Å². The van der Waals surface area contributed by atoms with Gasteiger partial charge in [-0.3, -0.25) is 0 Å². The van der Waals surface area contributed by atoms with Gasteiger partial charge in [0, 0.05) is 28.2 Å². The summed E-state index contributed by atoms with van der Waals surface area (Å²) in [4.78, 5) is 11.6. The average molecular weight is 291 g/mol. The van der Waals surface area contributed by atoms with E-state index in [1.165, 1.54) is 6.07 Å². The van der Waals surface area contributed by atoms with Crippen LogP contribution in [0.25, 0.3) is 10.1 Å². The first-order valence-corrected chi connectivity index (χ1v) is 7.30. The number of fused-ring (bicyclic) bond motifs is 1. The molecule has 0 aliphatic heterocycles. The quantitative estimate of drug-likeness (QED) is 0.847. The molecule has 0 atom stereocenters. The summed E-state index contributed by atoms with van der Waals surface area (Å²) in [6.07, 6.45) is 6.07. The molecule has 1 aromatic carbocycles.